The van der Waals surface area contributed by atoms with E-state index in [9.17, 15) is 0 Å². The second-order valence-corrected chi connectivity index (χ2v) is 5.34. The molecule has 0 amide bonds. The quantitative estimate of drug-likeness (QED) is 0.891. The minimum Gasteiger partial charge on any atom is -0.359 e. The summed E-state index contributed by atoms with van der Waals surface area (Å²) < 4.78 is 0. The highest BCUT2D eigenvalue weighted by Gasteiger charge is 2.33. The van der Waals surface area contributed by atoms with Gasteiger partial charge < -0.3 is 5.32 Å². The van der Waals surface area contributed by atoms with Crippen molar-refractivity contribution in [1.82, 2.24) is 10.3 Å². The molecule has 0 radical (unpaired) electrons. The Kier molecular flexibility index (Phi) is 4.05. The summed E-state index contributed by atoms with van der Waals surface area (Å²) in [5.41, 5.74) is 1.47. The zero-order valence-corrected chi connectivity index (χ0v) is 11.3. The van der Waals surface area contributed by atoms with Crippen LogP contribution in [0.2, 0.25) is 0 Å². The van der Waals surface area contributed by atoms with Crippen molar-refractivity contribution in [1.29, 1.82) is 0 Å². The number of rotatable bonds is 4. The summed E-state index contributed by atoms with van der Waals surface area (Å²) in [6, 6.07) is 4.02. The lowest BCUT2D eigenvalue weighted by atomic mass is 9.96. The lowest BCUT2D eigenvalue weighted by Crippen LogP contribution is -2.42. The SMILES string of the molecule is CCC1(CC)CSC(=NCc2ccncc2)N1. The number of aromatic nitrogens is 1. The van der Waals surface area contributed by atoms with E-state index in [0.717, 1.165) is 30.3 Å². The molecule has 2 rings (SSSR count). The van der Waals surface area contributed by atoms with Crippen LogP contribution in [0.15, 0.2) is 29.5 Å². The number of aliphatic imine (C=N–C) groups is 1. The van der Waals surface area contributed by atoms with Crippen LogP contribution < -0.4 is 5.32 Å². The molecule has 1 aliphatic heterocycles. The average molecular weight is 249 g/mol. The molecule has 0 unspecified atom stereocenters. The molecule has 1 aliphatic rings. The minimum atomic E-state index is 0.266. The van der Waals surface area contributed by atoms with Gasteiger partial charge in [0.25, 0.3) is 0 Å². The van der Waals surface area contributed by atoms with Crippen LogP contribution in [-0.4, -0.2) is 21.4 Å². The lowest BCUT2D eigenvalue weighted by Gasteiger charge is -2.25. The fourth-order valence-corrected chi connectivity index (χ4v) is 3.21. The third-order valence-corrected chi connectivity index (χ3v) is 4.57. The summed E-state index contributed by atoms with van der Waals surface area (Å²) in [6.07, 6.45) is 5.94. The molecule has 0 saturated carbocycles. The van der Waals surface area contributed by atoms with Gasteiger partial charge in [0.05, 0.1) is 6.54 Å². The highest BCUT2D eigenvalue weighted by Crippen LogP contribution is 2.29. The zero-order valence-electron chi connectivity index (χ0n) is 10.4. The number of hydrogen-bond donors (Lipinski definition) is 1. The van der Waals surface area contributed by atoms with Gasteiger partial charge in [-0.1, -0.05) is 25.6 Å². The van der Waals surface area contributed by atoms with Crippen molar-refractivity contribution in [3.63, 3.8) is 0 Å². The minimum absolute atomic E-state index is 0.266. The van der Waals surface area contributed by atoms with Gasteiger partial charge in [-0.3, -0.25) is 9.98 Å². The molecule has 1 saturated heterocycles. The number of amidine groups is 1. The van der Waals surface area contributed by atoms with E-state index >= 15 is 0 Å². The summed E-state index contributed by atoms with van der Waals surface area (Å²) in [6.45, 7) is 5.22. The van der Waals surface area contributed by atoms with Gasteiger partial charge >= 0.3 is 0 Å². The Bertz CT molecular complexity index is 385. The van der Waals surface area contributed by atoms with E-state index in [0.29, 0.717) is 0 Å². The first-order chi connectivity index (χ1) is 8.28. The van der Waals surface area contributed by atoms with Gasteiger partial charge in [-0.05, 0) is 30.5 Å². The molecule has 1 N–H and O–H groups in total. The monoisotopic (exact) mass is 249 g/mol. The normalized spacial score (nSPS) is 20.5. The molecule has 0 atom stereocenters. The van der Waals surface area contributed by atoms with Gasteiger partial charge in [0.15, 0.2) is 5.17 Å². The standard InChI is InChI=1S/C13H19N3S/c1-3-13(4-2)10-17-12(16-13)15-9-11-5-7-14-8-6-11/h5-8H,3-4,9-10H2,1-2H3,(H,15,16). The Hall–Kier alpha value is -1.03. The maximum atomic E-state index is 4.63. The Morgan fingerprint density at radius 3 is 2.65 bits per heavy atom. The van der Waals surface area contributed by atoms with E-state index in [1.165, 1.54) is 5.56 Å². The van der Waals surface area contributed by atoms with Crippen molar-refractivity contribution in [2.24, 2.45) is 4.99 Å². The van der Waals surface area contributed by atoms with E-state index in [2.05, 4.69) is 29.1 Å². The van der Waals surface area contributed by atoms with Crippen LogP contribution in [0.5, 0.6) is 0 Å². The van der Waals surface area contributed by atoms with Crippen LogP contribution in [0, 0.1) is 0 Å². The van der Waals surface area contributed by atoms with Crippen LogP contribution in [0.4, 0.5) is 0 Å². The van der Waals surface area contributed by atoms with Gasteiger partial charge in [0.1, 0.15) is 0 Å². The number of thioether (sulfide) groups is 1. The maximum absolute atomic E-state index is 4.63. The molecule has 3 nitrogen and oxygen atoms in total. The largest absolute Gasteiger partial charge is 0.359 e. The van der Waals surface area contributed by atoms with Crippen molar-refractivity contribution in [2.75, 3.05) is 5.75 Å². The number of pyridine rings is 1. The molecule has 0 bridgehead atoms. The van der Waals surface area contributed by atoms with Gasteiger partial charge in [-0.25, -0.2) is 0 Å². The second-order valence-electron chi connectivity index (χ2n) is 4.38. The predicted octanol–water partition coefficient (Wildman–Crippen LogP) is 2.83. The average Bonchev–Trinajstić information content (AvgIpc) is 2.82. The van der Waals surface area contributed by atoms with E-state index < -0.39 is 0 Å². The summed E-state index contributed by atoms with van der Waals surface area (Å²) in [7, 11) is 0. The molecule has 1 fully saturated rings. The maximum Gasteiger partial charge on any atom is 0.157 e. The van der Waals surface area contributed by atoms with Crippen molar-refractivity contribution < 1.29 is 0 Å². The molecule has 0 spiro atoms. The van der Waals surface area contributed by atoms with Crippen LogP contribution in [0.25, 0.3) is 0 Å². The van der Waals surface area contributed by atoms with Gasteiger partial charge in [-0.2, -0.15) is 0 Å². The molecule has 17 heavy (non-hydrogen) atoms. The van der Waals surface area contributed by atoms with Crippen LogP contribution in [0.1, 0.15) is 32.3 Å². The number of nitrogens with zero attached hydrogens (tertiary/aromatic N) is 2. The molecule has 0 aromatic carbocycles. The Morgan fingerprint density at radius 2 is 2.06 bits per heavy atom. The summed E-state index contributed by atoms with van der Waals surface area (Å²) in [5.74, 6) is 1.13. The number of hydrogen-bond acceptors (Lipinski definition) is 3. The zero-order chi connectivity index (χ0) is 12.1. The van der Waals surface area contributed by atoms with Crippen molar-refractivity contribution in [2.45, 2.75) is 38.8 Å². The highest BCUT2D eigenvalue weighted by atomic mass is 32.2. The van der Waals surface area contributed by atoms with Crippen LogP contribution in [0.3, 0.4) is 0 Å². The van der Waals surface area contributed by atoms with Gasteiger partial charge in [0, 0.05) is 23.7 Å². The molecule has 92 valence electrons. The number of nitrogens with one attached hydrogen (secondary N) is 1. The molecular weight excluding hydrogens is 230 g/mol. The third-order valence-electron chi connectivity index (χ3n) is 3.37. The first-order valence-corrected chi connectivity index (χ1v) is 7.11. The Morgan fingerprint density at radius 1 is 1.35 bits per heavy atom. The molecule has 4 heteroatoms. The molecular formula is C13H19N3S. The van der Waals surface area contributed by atoms with Gasteiger partial charge in [-0.15, -0.1) is 0 Å². The topological polar surface area (TPSA) is 37.3 Å². The Labute approximate surface area is 107 Å². The van der Waals surface area contributed by atoms with Gasteiger partial charge in [0.2, 0.25) is 0 Å². The van der Waals surface area contributed by atoms with E-state index in [1.54, 1.807) is 0 Å². The summed E-state index contributed by atoms with van der Waals surface area (Å²) >= 11 is 1.84. The first kappa shape index (κ1) is 12.4. The van der Waals surface area contributed by atoms with E-state index in [4.69, 9.17) is 0 Å². The molecule has 1 aromatic rings. The molecule has 2 heterocycles. The van der Waals surface area contributed by atoms with Crippen molar-refractivity contribution in [3.05, 3.63) is 30.1 Å². The van der Waals surface area contributed by atoms with Crippen molar-refractivity contribution >= 4 is 16.9 Å². The van der Waals surface area contributed by atoms with E-state index in [1.807, 2.05) is 36.3 Å². The van der Waals surface area contributed by atoms with Crippen LogP contribution in [-0.2, 0) is 6.54 Å². The van der Waals surface area contributed by atoms with Crippen molar-refractivity contribution in [3.8, 4) is 0 Å². The summed E-state index contributed by atoms with van der Waals surface area (Å²) in [4.78, 5) is 8.63. The van der Waals surface area contributed by atoms with Crippen LogP contribution >= 0.6 is 11.8 Å². The third kappa shape index (κ3) is 3.00. The fraction of sp³-hybridized carbons (Fsp3) is 0.538. The smallest absolute Gasteiger partial charge is 0.157 e. The fourth-order valence-electron chi connectivity index (χ4n) is 1.87. The second kappa shape index (κ2) is 5.54. The predicted molar refractivity (Wildman–Crippen MR) is 74.3 cm³/mol. The first-order valence-electron chi connectivity index (χ1n) is 6.12. The molecule has 1 aromatic heterocycles. The lowest BCUT2D eigenvalue weighted by molar-refractivity contribution is 0.407. The summed E-state index contributed by atoms with van der Waals surface area (Å²) in [5, 5.41) is 4.66. The highest BCUT2D eigenvalue weighted by molar-refractivity contribution is 8.14. The molecule has 0 aliphatic carbocycles. The Balaban J connectivity index is 1.97. The van der Waals surface area contributed by atoms with E-state index in [-0.39, 0.29) is 5.54 Å².